The normalized spacial score (nSPS) is 10.5. The lowest BCUT2D eigenvalue weighted by Gasteiger charge is -2.01. The molecule has 1 aromatic heterocycles. The van der Waals surface area contributed by atoms with Gasteiger partial charge in [0.1, 0.15) is 6.42 Å². The second-order valence-corrected chi connectivity index (χ2v) is 3.89. The summed E-state index contributed by atoms with van der Waals surface area (Å²) in [5.41, 5.74) is 2.94. The van der Waals surface area contributed by atoms with E-state index >= 15 is 0 Å². The summed E-state index contributed by atoms with van der Waals surface area (Å²) < 4.78 is 5.31. The molecule has 0 aliphatic rings. The van der Waals surface area contributed by atoms with Crippen LogP contribution in [0.5, 0.6) is 0 Å². The van der Waals surface area contributed by atoms with Crippen molar-refractivity contribution in [1.29, 1.82) is 0 Å². The molecule has 0 radical (unpaired) electrons. The highest BCUT2D eigenvalue weighted by Gasteiger charge is 2.13. The van der Waals surface area contributed by atoms with Crippen molar-refractivity contribution < 1.29 is 14.3 Å². The minimum atomic E-state index is -0.985. The zero-order valence-electron chi connectivity index (χ0n) is 9.60. The zero-order chi connectivity index (χ0) is 12.4. The first-order valence-corrected chi connectivity index (χ1v) is 5.18. The molecule has 17 heavy (non-hydrogen) atoms. The molecule has 2 aromatic rings. The molecular formula is C12H12N2O3. The molecule has 0 unspecified atom stereocenters. The van der Waals surface area contributed by atoms with Crippen LogP contribution in [0.1, 0.15) is 17.0 Å². The highest BCUT2D eigenvalue weighted by atomic mass is 16.4. The van der Waals surface area contributed by atoms with Gasteiger partial charge >= 0.3 is 5.97 Å². The Morgan fingerprint density at radius 1 is 1.35 bits per heavy atom. The number of carboxylic acid groups (broad SMARTS) is 1. The molecule has 0 aliphatic heterocycles. The Labute approximate surface area is 98.1 Å². The van der Waals surface area contributed by atoms with Gasteiger partial charge in [-0.05, 0) is 25.5 Å². The van der Waals surface area contributed by atoms with Crippen molar-refractivity contribution in [2.24, 2.45) is 0 Å². The number of aromatic nitrogens is 2. The molecule has 1 heterocycles. The maximum absolute atomic E-state index is 10.5. The number of hydrogen-bond acceptors (Lipinski definition) is 4. The van der Waals surface area contributed by atoms with Gasteiger partial charge in [-0.2, -0.15) is 0 Å². The summed E-state index contributed by atoms with van der Waals surface area (Å²) in [5, 5.41) is 16.2. The Morgan fingerprint density at radius 2 is 2.12 bits per heavy atom. The molecule has 1 N–H and O–H groups in total. The fraction of sp³-hybridized carbons (Fsp3) is 0.250. The summed E-state index contributed by atoms with van der Waals surface area (Å²) in [6, 6.07) is 5.90. The molecule has 1 aromatic carbocycles. The summed E-state index contributed by atoms with van der Waals surface area (Å²) in [5.74, 6) is -0.503. The molecule has 0 bridgehead atoms. The molecule has 0 spiro atoms. The van der Waals surface area contributed by atoms with Crippen molar-refractivity contribution in [3.8, 4) is 11.5 Å². The topological polar surface area (TPSA) is 76.2 Å². The third-order valence-corrected chi connectivity index (χ3v) is 2.39. The Kier molecular flexibility index (Phi) is 2.91. The first-order chi connectivity index (χ1) is 8.06. The van der Waals surface area contributed by atoms with Gasteiger partial charge in [0, 0.05) is 5.56 Å². The van der Waals surface area contributed by atoms with Gasteiger partial charge in [0.25, 0.3) is 0 Å². The Balaban J connectivity index is 2.36. The van der Waals surface area contributed by atoms with Gasteiger partial charge in [-0.1, -0.05) is 17.7 Å². The minimum Gasteiger partial charge on any atom is -0.481 e. The molecule has 5 heteroatoms. The highest BCUT2D eigenvalue weighted by molar-refractivity contribution is 5.69. The monoisotopic (exact) mass is 232 g/mol. The van der Waals surface area contributed by atoms with E-state index in [1.165, 1.54) is 0 Å². The summed E-state index contributed by atoms with van der Waals surface area (Å²) >= 11 is 0. The molecule has 0 saturated heterocycles. The van der Waals surface area contributed by atoms with Gasteiger partial charge in [-0.15, -0.1) is 10.2 Å². The SMILES string of the molecule is Cc1ccc(C)c(-c2nnc(CC(=O)O)o2)c1. The molecule has 0 saturated carbocycles. The second kappa shape index (κ2) is 4.37. The van der Waals surface area contributed by atoms with E-state index in [2.05, 4.69) is 10.2 Å². The summed E-state index contributed by atoms with van der Waals surface area (Å²) in [7, 11) is 0. The van der Waals surface area contributed by atoms with Crippen molar-refractivity contribution >= 4 is 5.97 Å². The molecule has 5 nitrogen and oxygen atoms in total. The van der Waals surface area contributed by atoms with E-state index in [4.69, 9.17) is 9.52 Å². The molecule has 0 atom stereocenters. The number of nitrogens with zero attached hydrogens (tertiary/aromatic N) is 2. The van der Waals surface area contributed by atoms with E-state index in [9.17, 15) is 4.79 Å². The van der Waals surface area contributed by atoms with Crippen LogP contribution in [0.4, 0.5) is 0 Å². The standard InChI is InChI=1S/C12H12N2O3/c1-7-3-4-8(2)9(5-7)12-14-13-10(17-12)6-11(15)16/h3-5H,6H2,1-2H3,(H,15,16). The smallest absolute Gasteiger partial charge is 0.312 e. The number of benzene rings is 1. The average Bonchev–Trinajstić information content (AvgIpc) is 2.69. The Bertz CT molecular complexity index is 561. The summed E-state index contributed by atoms with van der Waals surface area (Å²) in [6.07, 6.45) is -0.252. The minimum absolute atomic E-state index is 0.119. The van der Waals surface area contributed by atoms with Crippen LogP contribution in [0.15, 0.2) is 22.6 Å². The number of hydrogen-bond donors (Lipinski definition) is 1. The molecule has 0 fully saturated rings. The molecule has 2 rings (SSSR count). The van der Waals surface area contributed by atoms with Crippen LogP contribution in [0, 0.1) is 13.8 Å². The van der Waals surface area contributed by atoms with E-state index in [1.54, 1.807) is 0 Å². The molecule has 0 aliphatic carbocycles. The third-order valence-electron chi connectivity index (χ3n) is 2.39. The van der Waals surface area contributed by atoms with E-state index in [0.29, 0.717) is 5.89 Å². The molecule has 88 valence electrons. The second-order valence-electron chi connectivity index (χ2n) is 3.89. The van der Waals surface area contributed by atoms with Crippen LogP contribution in [-0.4, -0.2) is 21.3 Å². The van der Waals surface area contributed by atoms with Crippen molar-refractivity contribution in [3.63, 3.8) is 0 Å². The van der Waals surface area contributed by atoms with Crippen LogP contribution in [0.2, 0.25) is 0 Å². The first-order valence-electron chi connectivity index (χ1n) is 5.18. The number of aliphatic carboxylic acids is 1. The lowest BCUT2D eigenvalue weighted by molar-refractivity contribution is -0.136. The van der Waals surface area contributed by atoms with Crippen molar-refractivity contribution in [2.75, 3.05) is 0 Å². The Morgan fingerprint density at radius 3 is 2.82 bits per heavy atom. The highest BCUT2D eigenvalue weighted by Crippen LogP contribution is 2.23. The fourth-order valence-electron chi connectivity index (χ4n) is 1.53. The maximum atomic E-state index is 10.5. The van der Waals surface area contributed by atoms with Gasteiger partial charge in [0.2, 0.25) is 11.8 Å². The Hall–Kier alpha value is -2.17. The predicted molar refractivity (Wildman–Crippen MR) is 60.5 cm³/mol. The van der Waals surface area contributed by atoms with Crippen molar-refractivity contribution in [2.45, 2.75) is 20.3 Å². The van der Waals surface area contributed by atoms with E-state index in [0.717, 1.165) is 16.7 Å². The predicted octanol–water partition coefficient (Wildman–Crippen LogP) is 1.98. The quantitative estimate of drug-likeness (QED) is 0.875. The average molecular weight is 232 g/mol. The van der Waals surface area contributed by atoms with Crippen molar-refractivity contribution in [1.82, 2.24) is 10.2 Å². The van der Waals surface area contributed by atoms with Gasteiger partial charge in [-0.3, -0.25) is 4.79 Å². The van der Waals surface area contributed by atoms with Crippen LogP contribution in [-0.2, 0) is 11.2 Å². The summed E-state index contributed by atoms with van der Waals surface area (Å²) in [4.78, 5) is 10.5. The first kappa shape index (κ1) is 11.3. The van der Waals surface area contributed by atoms with E-state index in [1.807, 2.05) is 32.0 Å². The molecular weight excluding hydrogens is 220 g/mol. The van der Waals surface area contributed by atoms with Gasteiger partial charge in [-0.25, -0.2) is 0 Å². The lowest BCUT2D eigenvalue weighted by atomic mass is 10.1. The van der Waals surface area contributed by atoms with Crippen LogP contribution < -0.4 is 0 Å². The third kappa shape index (κ3) is 2.50. The van der Waals surface area contributed by atoms with Gasteiger partial charge in [0.15, 0.2) is 0 Å². The number of rotatable bonds is 3. The summed E-state index contributed by atoms with van der Waals surface area (Å²) in [6.45, 7) is 3.91. The largest absolute Gasteiger partial charge is 0.481 e. The van der Waals surface area contributed by atoms with Gasteiger partial charge in [0.05, 0.1) is 0 Å². The van der Waals surface area contributed by atoms with Crippen LogP contribution in [0.25, 0.3) is 11.5 Å². The van der Waals surface area contributed by atoms with E-state index < -0.39 is 5.97 Å². The van der Waals surface area contributed by atoms with E-state index in [-0.39, 0.29) is 12.3 Å². The van der Waals surface area contributed by atoms with Gasteiger partial charge < -0.3 is 9.52 Å². The lowest BCUT2D eigenvalue weighted by Crippen LogP contribution is -1.99. The number of carboxylic acids is 1. The molecule has 0 amide bonds. The van der Waals surface area contributed by atoms with Crippen LogP contribution in [0.3, 0.4) is 0 Å². The zero-order valence-corrected chi connectivity index (χ0v) is 9.60. The van der Waals surface area contributed by atoms with Crippen molar-refractivity contribution in [3.05, 3.63) is 35.2 Å². The maximum Gasteiger partial charge on any atom is 0.312 e. The number of aryl methyl sites for hydroxylation is 2. The number of carbonyl (C=O) groups is 1. The fourth-order valence-corrected chi connectivity index (χ4v) is 1.53. The van der Waals surface area contributed by atoms with Crippen LogP contribution >= 0.6 is 0 Å².